The van der Waals surface area contributed by atoms with E-state index < -0.39 is 6.10 Å². The molecule has 350 valence electrons. The number of hydrogen-bond acceptors (Lipinski definition) is 6. The molecule has 0 aromatic heterocycles. The van der Waals surface area contributed by atoms with E-state index in [1.165, 1.54) is 180 Å². The van der Waals surface area contributed by atoms with Crippen LogP contribution in [0.3, 0.4) is 0 Å². The fraction of sp³-hybridized carbons (Fsp3) is 0.943. The summed E-state index contributed by atoms with van der Waals surface area (Å²) in [5, 5.41) is 0. The molecular weight excluding hydrogens is 733 g/mol. The Labute approximate surface area is 368 Å². The molecule has 0 amide bonds. The molecule has 0 heterocycles. The highest BCUT2D eigenvalue weighted by atomic mass is 16.6. The zero-order valence-electron chi connectivity index (χ0n) is 40.4. The van der Waals surface area contributed by atoms with Crippen molar-refractivity contribution >= 4 is 17.9 Å². The lowest BCUT2D eigenvalue weighted by Gasteiger charge is -2.18. The Morgan fingerprint density at radius 2 is 0.559 bits per heavy atom. The van der Waals surface area contributed by atoms with Gasteiger partial charge in [-0.3, -0.25) is 14.4 Å². The first-order valence-electron chi connectivity index (χ1n) is 26.2. The molecule has 0 aliphatic carbocycles. The lowest BCUT2D eigenvalue weighted by atomic mass is 10.0. The van der Waals surface area contributed by atoms with E-state index in [1.54, 1.807) is 0 Å². The average Bonchev–Trinajstić information content (AvgIpc) is 3.20. The van der Waals surface area contributed by atoms with Gasteiger partial charge in [-0.05, 0) is 31.1 Å². The third-order valence-electron chi connectivity index (χ3n) is 12.0. The van der Waals surface area contributed by atoms with Gasteiger partial charge < -0.3 is 14.2 Å². The predicted molar refractivity (Wildman–Crippen MR) is 252 cm³/mol. The largest absolute Gasteiger partial charge is 0.462 e. The number of ether oxygens (including phenoxy) is 3. The van der Waals surface area contributed by atoms with Crippen LogP contribution >= 0.6 is 0 Å². The van der Waals surface area contributed by atoms with E-state index in [9.17, 15) is 14.4 Å². The van der Waals surface area contributed by atoms with Crippen molar-refractivity contribution in [2.24, 2.45) is 11.8 Å². The van der Waals surface area contributed by atoms with E-state index in [0.29, 0.717) is 19.3 Å². The van der Waals surface area contributed by atoms with E-state index in [2.05, 4.69) is 34.6 Å². The second-order valence-electron chi connectivity index (χ2n) is 19.1. The zero-order valence-corrected chi connectivity index (χ0v) is 40.4. The molecule has 0 spiro atoms. The van der Waals surface area contributed by atoms with Crippen molar-refractivity contribution in [3.63, 3.8) is 0 Å². The summed E-state index contributed by atoms with van der Waals surface area (Å²) in [5.74, 6) is 0.832. The minimum absolute atomic E-state index is 0.0638. The van der Waals surface area contributed by atoms with Crippen LogP contribution in [-0.2, 0) is 28.6 Å². The summed E-state index contributed by atoms with van der Waals surface area (Å²) in [6.45, 7) is 11.4. The van der Waals surface area contributed by atoms with E-state index in [0.717, 1.165) is 69.6 Å². The summed E-state index contributed by atoms with van der Waals surface area (Å²) in [6.07, 6.45) is 46.8. The number of hydrogen-bond donors (Lipinski definition) is 0. The van der Waals surface area contributed by atoms with Crippen LogP contribution in [-0.4, -0.2) is 37.2 Å². The van der Waals surface area contributed by atoms with Gasteiger partial charge >= 0.3 is 17.9 Å². The molecule has 0 aromatic rings. The van der Waals surface area contributed by atoms with Crippen molar-refractivity contribution in [3.8, 4) is 0 Å². The normalized spacial score (nSPS) is 12.1. The van der Waals surface area contributed by atoms with Crippen LogP contribution in [0.2, 0.25) is 0 Å². The Bertz CT molecular complexity index is 900. The molecule has 0 aliphatic rings. The van der Waals surface area contributed by atoms with Crippen molar-refractivity contribution < 1.29 is 28.6 Å². The van der Waals surface area contributed by atoms with E-state index in [1.807, 2.05) is 0 Å². The molecule has 6 heteroatoms. The van der Waals surface area contributed by atoms with E-state index in [-0.39, 0.29) is 31.1 Å². The molecule has 0 aliphatic heterocycles. The molecular formula is C53H102O6. The summed E-state index contributed by atoms with van der Waals surface area (Å²) in [4.78, 5) is 37.8. The van der Waals surface area contributed by atoms with Crippen LogP contribution in [0.15, 0.2) is 0 Å². The van der Waals surface area contributed by atoms with E-state index in [4.69, 9.17) is 14.2 Å². The molecule has 0 fully saturated rings. The van der Waals surface area contributed by atoms with Gasteiger partial charge in [-0.15, -0.1) is 0 Å². The standard InChI is InChI=1S/C53H102O6/c1-6-7-8-9-26-33-38-43-51(54)57-46-50(59-53(56)45-40-35-30-25-21-17-16-19-23-28-32-37-42-49(4)5)47-58-52(55)44-39-34-29-24-20-15-13-11-10-12-14-18-22-27-31-36-41-48(2)3/h48-50H,6-47H2,1-5H3/t50-/m0/s1. The average molecular weight is 835 g/mol. The summed E-state index contributed by atoms with van der Waals surface area (Å²) < 4.78 is 16.8. The first-order valence-corrected chi connectivity index (χ1v) is 26.2. The van der Waals surface area contributed by atoms with Crippen molar-refractivity contribution in [1.82, 2.24) is 0 Å². The predicted octanol–water partition coefficient (Wildman–Crippen LogP) is 16.9. The van der Waals surface area contributed by atoms with Crippen molar-refractivity contribution in [1.29, 1.82) is 0 Å². The first-order chi connectivity index (χ1) is 28.7. The number of unbranched alkanes of at least 4 members (excludes halogenated alkanes) is 32. The van der Waals surface area contributed by atoms with E-state index >= 15 is 0 Å². The second kappa shape index (κ2) is 45.9. The van der Waals surface area contributed by atoms with Crippen molar-refractivity contribution in [2.75, 3.05) is 13.2 Å². The summed E-state index contributed by atoms with van der Waals surface area (Å²) >= 11 is 0. The Morgan fingerprint density at radius 1 is 0.322 bits per heavy atom. The number of rotatable bonds is 47. The third-order valence-corrected chi connectivity index (χ3v) is 12.0. The molecule has 0 saturated heterocycles. The minimum atomic E-state index is -0.760. The fourth-order valence-corrected chi connectivity index (χ4v) is 7.99. The summed E-state index contributed by atoms with van der Waals surface area (Å²) in [7, 11) is 0. The molecule has 6 nitrogen and oxygen atoms in total. The molecule has 59 heavy (non-hydrogen) atoms. The van der Waals surface area contributed by atoms with Gasteiger partial charge in [-0.25, -0.2) is 0 Å². The van der Waals surface area contributed by atoms with Crippen LogP contribution in [0.1, 0.15) is 291 Å². The van der Waals surface area contributed by atoms with Gasteiger partial charge in [0.2, 0.25) is 0 Å². The zero-order chi connectivity index (χ0) is 43.3. The number of esters is 3. The van der Waals surface area contributed by atoms with Crippen LogP contribution in [0.5, 0.6) is 0 Å². The Morgan fingerprint density at radius 3 is 0.831 bits per heavy atom. The third kappa shape index (κ3) is 47.3. The van der Waals surface area contributed by atoms with Gasteiger partial charge in [0.15, 0.2) is 6.10 Å². The number of carbonyl (C=O) groups is 3. The monoisotopic (exact) mass is 835 g/mol. The smallest absolute Gasteiger partial charge is 0.306 e. The summed E-state index contributed by atoms with van der Waals surface area (Å²) in [5.41, 5.74) is 0. The molecule has 1 atom stereocenters. The highest BCUT2D eigenvalue weighted by Gasteiger charge is 2.19. The van der Waals surface area contributed by atoms with Crippen molar-refractivity contribution in [2.45, 2.75) is 298 Å². The van der Waals surface area contributed by atoms with Crippen LogP contribution < -0.4 is 0 Å². The maximum Gasteiger partial charge on any atom is 0.306 e. The van der Waals surface area contributed by atoms with Gasteiger partial charge in [-0.2, -0.15) is 0 Å². The SMILES string of the molecule is CCCCCCCCCC(=O)OC[C@@H](COC(=O)CCCCCCCCCCCCCCCCCCC(C)C)OC(=O)CCCCCCCCCCCCCCC(C)C. The quantitative estimate of drug-likeness (QED) is 0.0345. The minimum Gasteiger partial charge on any atom is -0.462 e. The fourth-order valence-electron chi connectivity index (χ4n) is 7.99. The Kier molecular flexibility index (Phi) is 44.7. The highest BCUT2D eigenvalue weighted by molar-refractivity contribution is 5.71. The topological polar surface area (TPSA) is 78.9 Å². The second-order valence-corrected chi connectivity index (χ2v) is 19.1. The lowest BCUT2D eigenvalue weighted by molar-refractivity contribution is -0.167. The maximum atomic E-state index is 12.8. The van der Waals surface area contributed by atoms with Crippen LogP contribution in [0.4, 0.5) is 0 Å². The molecule has 0 aromatic carbocycles. The van der Waals surface area contributed by atoms with Crippen LogP contribution in [0.25, 0.3) is 0 Å². The van der Waals surface area contributed by atoms with Gasteiger partial charge in [0.25, 0.3) is 0 Å². The molecule has 0 rings (SSSR count). The van der Waals surface area contributed by atoms with Gasteiger partial charge in [0.1, 0.15) is 13.2 Å². The van der Waals surface area contributed by atoms with Crippen LogP contribution in [0, 0.1) is 11.8 Å². The van der Waals surface area contributed by atoms with Gasteiger partial charge in [0.05, 0.1) is 0 Å². The molecule has 0 unspecified atom stereocenters. The molecule has 0 bridgehead atoms. The molecule has 0 saturated carbocycles. The highest BCUT2D eigenvalue weighted by Crippen LogP contribution is 2.17. The Hall–Kier alpha value is -1.59. The molecule has 0 N–H and O–H groups in total. The van der Waals surface area contributed by atoms with Gasteiger partial charge in [0, 0.05) is 19.3 Å². The summed E-state index contributed by atoms with van der Waals surface area (Å²) in [6, 6.07) is 0. The maximum absolute atomic E-state index is 12.8. The van der Waals surface area contributed by atoms with Crippen molar-refractivity contribution in [3.05, 3.63) is 0 Å². The Balaban J connectivity index is 4.17. The number of carbonyl (C=O) groups excluding carboxylic acids is 3. The first kappa shape index (κ1) is 57.4. The molecule has 0 radical (unpaired) electrons. The lowest BCUT2D eigenvalue weighted by Crippen LogP contribution is -2.30. The van der Waals surface area contributed by atoms with Gasteiger partial charge in [-0.1, -0.05) is 253 Å².